The molecule has 2 N–H and O–H groups in total. The van der Waals surface area contributed by atoms with E-state index in [2.05, 4.69) is 10.6 Å². The molecule has 0 saturated carbocycles. The Morgan fingerprint density at radius 2 is 2.08 bits per heavy atom. The van der Waals surface area contributed by atoms with Gasteiger partial charge in [-0.2, -0.15) is 0 Å². The summed E-state index contributed by atoms with van der Waals surface area (Å²) < 4.78 is 24.0. The Hall–Kier alpha value is -2.20. The second kappa shape index (κ2) is 6.02. The molecule has 24 heavy (non-hydrogen) atoms. The molecule has 0 radical (unpaired) electrons. The Kier molecular flexibility index (Phi) is 4.18. The molecule has 2 aliphatic heterocycles. The molecule has 1 fully saturated rings. The van der Waals surface area contributed by atoms with Gasteiger partial charge < -0.3 is 10.6 Å². The van der Waals surface area contributed by atoms with Crippen LogP contribution in [-0.4, -0.2) is 49.4 Å². The molecule has 0 unspecified atom stereocenters. The highest BCUT2D eigenvalue weighted by molar-refractivity contribution is 7.88. The van der Waals surface area contributed by atoms with E-state index >= 15 is 0 Å². The Bertz CT molecular complexity index is 802. The van der Waals surface area contributed by atoms with Crippen molar-refractivity contribution in [1.82, 2.24) is 4.31 Å². The van der Waals surface area contributed by atoms with Crippen LogP contribution in [0.1, 0.15) is 12.0 Å². The molecule has 2 aliphatic rings. The summed E-state index contributed by atoms with van der Waals surface area (Å²) in [7, 11) is -3.17. The van der Waals surface area contributed by atoms with Gasteiger partial charge in [0.1, 0.15) is 5.69 Å². The van der Waals surface area contributed by atoms with Crippen molar-refractivity contribution in [2.75, 3.05) is 36.5 Å². The van der Waals surface area contributed by atoms with Gasteiger partial charge in [-0.05, 0) is 18.1 Å². The fourth-order valence-corrected chi connectivity index (χ4v) is 3.85. The third-order valence-corrected chi connectivity index (χ3v) is 5.52. The molecule has 1 aromatic rings. The Labute approximate surface area is 139 Å². The maximum absolute atomic E-state index is 11.5. The first-order valence-electron chi connectivity index (χ1n) is 7.54. The summed E-state index contributed by atoms with van der Waals surface area (Å²) >= 11 is 0. The quantitative estimate of drug-likeness (QED) is 0.595. The molecule has 1 aromatic carbocycles. The average Bonchev–Trinajstić information content (AvgIpc) is 2.42. The highest BCUT2D eigenvalue weighted by Crippen LogP contribution is 2.34. The minimum Gasteiger partial charge on any atom is -0.379 e. The molecule has 0 bridgehead atoms. The molecular weight excluding hydrogens is 336 g/mol. The van der Waals surface area contributed by atoms with Gasteiger partial charge in [0.15, 0.2) is 0 Å². The maximum atomic E-state index is 11.5. The maximum Gasteiger partial charge on any atom is 0.292 e. The smallest absolute Gasteiger partial charge is 0.292 e. The predicted octanol–water partition coefficient (Wildman–Crippen LogP) is 0.783. The normalized spacial score (nSPS) is 18.5. The van der Waals surface area contributed by atoms with Crippen molar-refractivity contribution >= 4 is 33.0 Å². The van der Waals surface area contributed by atoms with Crippen LogP contribution in [0.5, 0.6) is 0 Å². The number of nitrogens with zero attached hydrogens (tertiary/aromatic N) is 2. The van der Waals surface area contributed by atoms with Gasteiger partial charge in [-0.3, -0.25) is 14.9 Å². The number of carbonyl (C=O) groups is 1. The molecule has 9 nitrogen and oxygen atoms in total. The average molecular weight is 354 g/mol. The van der Waals surface area contributed by atoms with Gasteiger partial charge in [0.2, 0.25) is 15.9 Å². The van der Waals surface area contributed by atoms with E-state index < -0.39 is 14.9 Å². The first kappa shape index (κ1) is 16.7. The lowest BCUT2D eigenvalue weighted by Crippen LogP contribution is -2.51. The third-order valence-electron chi connectivity index (χ3n) is 4.29. The van der Waals surface area contributed by atoms with E-state index in [0.717, 1.165) is 11.8 Å². The van der Waals surface area contributed by atoms with Crippen molar-refractivity contribution in [1.29, 1.82) is 0 Å². The van der Waals surface area contributed by atoms with Crippen LogP contribution in [0.25, 0.3) is 0 Å². The molecule has 1 amide bonds. The van der Waals surface area contributed by atoms with Crippen molar-refractivity contribution < 1.29 is 18.1 Å². The summed E-state index contributed by atoms with van der Waals surface area (Å²) in [6, 6.07) is 3.07. The topological polar surface area (TPSA) is 122 Å². The van der Waals surface area contributed by atoms with Gasteiger partial charge in [-0.15, -0.1) is 0 Å². The lowest BCUT2D eigenvalue weighted by atomic mass is 10.0. The second-order valence-corrected chi connectivity index (χ2v) is 8.14. The van der Waals surface area contributed by atoms with Crippen LogP contribution in [-0.2, 0) is 21.2 Å². The van der Waals surface area contributed by atoms with Gasteiger partial charge >= 0.3 is 0 Å². The number of nitrogens with one attached hydrogen (secondary N) is 2. The number of carbonyl (C=O) groups excluding carboxylic acids is 1. The van der Waals surface area contributed by atoms with Crippen molar-refractivity contribution in [3.63, 3.8) is 0 Å². The standard InChI is InChI=1S/C14H18N4O5S/c1-24(22,23)17-7-9(8-17)6-15-12-5-11-10(2-3-14(19)16-11)4-13(12)18(20)21/h4-5,9,15H,2-3,6-8H2,1H3,(H,16,19). The van der Waals surface area contributed by atoms with Crippen molar-refractivity contribution in [3.05, 3.63) is 27.8 Å². The largest absolute Gasteiger partial charge is 0.379 e. The summed E-state index contributed by atoms with van der Waals surface area (Å²) in [5.74, 6) is -0.00459. The Balaban J connectivity index is 1.72. The van der Waals surface area contributed by atoms with Crippen LogP contribution < -0.4 is 10.6 Å². The zero-order chi connectivity index (χ0) is 17.5. The SMILES string of the molecule is CS(=O)(=O)N1CC(CNc2cc3c(cc2[N+](=O)[O-])CCC(=O)N3)C1. The number of hydrogen-bond acceptors (Lipinski definition) is 6. The second-order valence-electron chi connectivity index (χ2n) is 6.16. The first-order valence-corrected chi connectivity index (χ1v) is 9.39. The summed E-state index contributed by atoms with van der Waals surface area (Å²) in [5.41, 5.74) is 1.63. The van der Waals surface area contributed by atoms with E-state index in [4.69, 9.17) is 0 Å². The molecule has 130 valence electrons. The number of nitro groups is 1. The summed E-state index contributed by atoms with van der Waals surface area (Å²) in [6.45, 7) is 1.24. The minimum atomic E-state index is -3.17. The summed E-state index contributed by atoms with van der Waals surface area (Å²) in [5, 5.41) is 17.0. The van der Waals surface area contributed by atoms with E-state index in [1.54, 1.807) is 6.07 Å². The van der Waals surface area contributed by atoms with Crippen LogP contribution in [0.3, 0.4) is 0 Å². The molecule has 0 atom stereocenters. The van der Waals surface area contributed by atoms with Crippen molar-refractivity contribution in [3.8, 4) is 0 Å². The van der Waals surface area contributed by atoms with E-state index in [1.807, 2.05) is 0 Å². The van der Waals surface area contributed by atoms with Crippen LogP contribution in [0.15, 0.2) is 12.1 Å². The Morgan fingerprint density at radius 3 is 2.71 bits per heavy atom. The lowest BCUT2D eigenvalue weighted by molar-refractivity contribution is -0.384. The van der Waals surface area contributed by atoms with Crippen LogP contribution in [0.2, 0.25) is 0 Å². The highest BCUT2D eigenvalue weighted by atomic mass is 32.2. The van der Waals surface area contributed by atoms with Gasteiger partial charge in [-0.25, -0.2) is 12.7 Å². The number of benzene rings is 1. The monoisotopic (exact) mass is 354 g/mol. The zero-order valence-electron chi connectivity index (χ0n) is 13.1. The molecule has 1 saturated heterocycles. The highest BCUT2D eigenvalue weighted by Gasteiger charge is 2.33. The number of amides is 1. The fourth-order valence-electron chi connectivity index (χ4n) is 2.88. The minimum absolute atomic E-state index is 0.0378. The van der Waals surface area contributed by atoms with E-state index in [9.17, 15) is 23.3 Å². The molecule has 10 heteroatoms. The van der Waals surface area contributed by atoms with E-state index in [0.29, 0.717) is 43.9 Å². The number of anilines is 2. The van der Waals surface area contributed by atoms with Crippen LogP contribution >= 0.6 is 0 Å². The van der Waals surface area contributed by atoms with Crippen molar-refractivity contribution in [2.45, 2.75) is 12.8 Å². The van der Waals surface area contributed by atoms with Gasteiger partial charge in [0, 0.05) is 43.7 Å². The van der Waals surface area contributed by atoms with Gasteiger partial charge in [0.25, 0.3) is 5.69 Å². The molecule has 0 aromatic heterocycles. The molecule has 0 aliphatic carbocycles. The fraction of sp³-hybridized carbons (Fsp3) is 0.500. The summed E-state index contributed by atoms with van der Waals surface area (Å²) in [6.07, 6.45) is 1.96. The van der Waals surface area contributed by atoms with Gasteiger partial charge in [-0.1, -0.05) is 0 Å². The van der Waals surface area contributed by atoms with E-state index in [-0.39, 0.29) is 17.5 Å². The first-order chi connectivity index (χ1) is 11.2. The Morgan fingerprint density at radius 1 is 1.38 bits per heavy atom. The van der Waals surface area contributed by atoms with Gasteiger partial charge in [0.05, 0.1) is 11.2 Å². The third kappa shape index (κ3) is 3.34. The van der Waals surface area contributed by atoms with Crippen LogP contribution in [0.4, 0.5) is 17.1 Å². The number of aryl methyl sites for hydroxylation is 1. The zero-order valence-corrected chi connectivity index (χ0v) is 13.9. The van der Waals surface area contributed by atoms with Crippen molar-refractivity contribution in [2.24, 2.45) is 5.92 Å². The number of rotatable bonds is 5. The molecular formula is C14H18N4O5S. The molecule has 3 rings (SSSR count). The predicted molar refractivity (Wildman–Crippen MR) is 88.4 cm³/mol. The molecule has 0 spiro atoms. The van der Waals surface area contributed by atoms with Crippen LogP contribution in [0, 0.1) is 16.0 Å². The number of hydrogen-bond donors (Lipinski definition) is 2. The van der Waals surface area contributed by atoms with E-state index in [1.165, 1.54) is 10.4 Å². The number of fused-ring (bicyclic) bond motifs is 1. The number of nitro benzene ring substituents is 1. The lowest BCUT2D eigenvalue weighted by Gasteiger charge is -2.37. The summed E-state index contributed by atoms with van der Waals surface area (Å²) in [4.78, 5) is 22.3. The molecule has 2 heterocycles. The number of sulfonamides is 1.